The molecule has 2 N–H and O–H groups in total. The predicted molar refractivity (Wildman–Crippen MR) is 77.1 cm³/mol. The fourth-order valence-corrected chi connectivity index (χ4v) is 4.65. The fraction of sp³-hybridized carbons (Fsp3) is 0.647. The summed E-state index contributed by atoms with van der Waals surface area (Å²) in [5, 5.41) is 12.8. The van der Waals surface area contributed by atoms with Crippen molar-refractivity contribution < 1.29 is 14.2 Å². The van der Waals surface area contributed by atoms with Crippen LogP contribution >= 0.6 is 0 Å². The molecule has 3 atom stereocenters. The molecule has 4 rings (SSSR count). The van der Waals surface area contributed by atoms with Gasteiger partial charge in [0.05, 0.1) is 12.7 Å². The summed E-state index contributed by atoms with van der Waals surface area (Å²) < 4.78 is 19.3. The Bertz CT molecular complexity index is 544. The van der Waals surface area contributed by atoms with Crippen molar-refractivity contribution in [2.75, 3.05) is 6.61 Å². The molecule has 0 unspecified atom stereocenters. The minimum absolute atomic E-state index is 0.244. The highest BCUT2D eigenvalue weighted by Gasteiger charge is 2.66. The van der Waals surface area contributed by atoms with Gasteiger partial charge in [0.25, 0.3) is 0 Å². The van der Waals surface area contributed by atoms with E-state index in [0.29, 0.717) is 29.0 Å². The van der Waals surface area contributed by atoms with Crippen molar-refractivity contribution in [3.8, 4) is 0 Å². The van der Waals surface area contributed by atoms with Crippen LogP contribution in [0.1, 0.15) is 36.8 Å². The number of fused-ring (bicyclic) bond motifs is 2. The van der Waals surface area contributed by atoms with Gasteiger partial charge in [-0.05, 0) is 37.0 Å². The van der Waals surface area contributed by atoms with Crippen LogP contribution in [0.5, 0.6) is 0 Å². The van der Waals surface area contributed by atoms with Gasteiger partial charge in [0.2, 0.25) is 0 Å². The van der Waals surface area contributed by atoms with E-state index in [0.717, 1.165) is 25.1 Å². The summed E-state index contributed by atoms with van der Waals surface area (Å²) in [4.78, 5) is 0. The molecule has 1 saturated heterocycles. The summed E-state index contributed by atoms with van der Waals surface area (Å²) in [5.41, 5.74) is 1.79. The number of rotatable bonds is 4. The zero-order valence-electron chi connectivity index (χ0n) is 12.1. The van der Waals surface area contributed by atoms with Crippen molar-refractivity contribution in [3.63, 3.8) is 0 Å². The van der Waals surface area contributed by atoms with Crippen molar-refractivity contribution in [2.45, 2.75) is 51.0 Å². The molecular weight excluding hydrogens is 269 g/mol. The lowest BCUT2D eigenvalue weighted by Crippen LogP contribution is -2.70. The molecule has 114 valence electrons. The maximum Gasteiger partial charge on any atom is 0.128 e. The highest BCUT2D eigenvalue weighted by molar-refractivity contribution is 5.25. The fourth-order valence-electron chi connectivity index (χ4n) is 4.65. The molecule has 0 amide bonds. The average Bonchev–Trinajstić information content (AvgIpc) is 2.84. The maximum absolute atomic E-state index is 13.4. The molecule has 3 nitrogen and oxygen atoms in total. The number of aliphatic hydroxyl groups excluding tert-OH is 1. The third-order valence-corrected chi connectivity index (χ3v) is 5.84. The smallest absolute Gasteiger partial charge is 0.128 e. The quantitative estimate of drug-likeness (QED) is 0.895. The van der Waals surface area contributed by atoms with Crippen LogP contribution < -0.4 is 5.32 Å². The van der Waals surface area contributed by atoms with Crippen LogP contribution in [0, 0.1) is 17.2 Å². The Labute approximate surface area is 124 Å². The summed E-state index contributed by atoms with van der Waals surface area (Å²) in [7, 11) is 0. The van der Waals surface area contributed by atoms with Crippen LogP contribution in [0.4, 0.5) is 4.39 Å². The van der Waals surface area contributed by atoms with Gasteiger partial charge in [-0.3, -0.25) is 0 Å². The van der Waals surface area contributed by atoms with E-state index in [1.165, 1.54) is 25.3 Å². The number of benzene rings is 1. The summed E-state index contributed by atoms with van der Waals surface area (Å²) in [6.07, 6.45) is 5.50. The Morgan fingerprint density at radius 1 is 1.38 bits per heavy atom. The van der Waals surface area contributed by atoms with Gasteiger partial charge in [-0.1, -0.05) is 12.5 Å². The van der Waals surface area contributed by atoms with Crippen LogP contribution in [0.2, 0.25) is 0 Å². The molecule has 3 aliphatic rings. The molecule has 1 aliphatic heterocycles. The molecule has 4 heteroatoms. The minimum atomic E-state index is -0.329. The largest absolute Gasteiger partial charge is 0.392 e. The molecule has 1 aromatic carbocycles. The van der Waals surface area contributed by atoms with E-state index in [2.05, 4.69) is 5.32 Å². The van der Waals surface area contributed by atoms with E-state index in [1.807, 2.05) is 0 Å². The van der Waals surface area contributed by atoms with Crippen molar-refractivity contribution in [1.29, 1.82) is 0 Å². The molecule has 0 radical (unpaired) electrons. The number of nitrogens with one attached hydrogen (secondary N) is 1. The monoisotopic (exact) mass is 291 g/mol. The van der Waals surface area contributed by atoms with E-state index in [4.69, 9.17) is 9.84 Å². The molecule has 1 aromatic rings. The average molecular weight is 291 g/mol. The lowest BCUT2D eigenvalue weighted by atomic mass is 9.46. The summed E-state index contributed by atoms with van der Waals surface area (Å²) >= 11 is 0. The second kappa shape index (κ2) is 5.04. The minimum Gasteiger partial charge on any atom is -0.392 e. The molecule has 2 aliphatic carbocycles. The van der Waals surface area contributed by atoms with Crippen molar-refractivity contribution in [3.05, 3.63) is 35.1 Å². The van der Waals surface area contributed by atoms with Crippen LogP contribution in [-0.2, 0) is 17.9 Å². The van der Waals surface area contributed by atoms with Gasteiger partial charge in [-0.25, -0.2) is 4.39 Å². The first-order valence-electron chi connectivity index (χ1n) is 7.98. The first kappa shape index (κ1) is 13.7. The van der Waals surface area contributed by atoms with Gasteiger partial charge < -0.3 is 15.2 Å². The molecule has 0 bridgehead atoms. The lowest BCUT2D eigenvalue weighted by molar-refractivity contribution is -0.176. The number of hydrogen-bond acceptors (Lipinski definition) is 3. The number of halogens is 1. The van der Waals surface area contributed by atoms with Crippen LogP contribution in [0.25, 0.3) is 0 Å². The first-order chi connectivity index (χ1) is 10.2. The second-order valence-corrected chi connectivity index (χ2v) is 6.77. The van der Waals surface area contributed by atoms with Gasteiger partial charge in [-0.15, -0.1) is 0 Å². The van der Waals surface area contributed by atoms with E-state index in [-0.39, 0.29) is 12.4 Å². The lowest BCUT2D eigenvalue weighted by Gasteiger charge is -2.63. The first-order valence-corrected chi connectivity index (χ1v) is 7.98. The van der Waals surface area contributed by atoms with Crippen molar-refractivity contribution in [2.24, 2.45) is 11.3 Å². The number of ether oxygens (including phenoxy) is 1. The van der Waals surface area contributed by atoms with Crippen LogP contribution in [-0.4, -0.2) is 23.9 Å². The van der Waals surface area contributed by atoms with Crippen LogP contribution in [0.3, 0.4) is 0 Å². The highest BCUT2D eigenvalue weighted by atomic mass is 19.1. The summed E-state index contributed by atoms with van der Waals surface area (Å²) in [5.74, 6) is 0.327. The molecule has 21 heavy (non-hydrogen) atoms. The predicted octanol–water partition coefficient (Wildman–Crippen LogP) is 2.37. The Morgan fingerprint density at radius 2 is 2.24 bits per heavy atom. The van der Waals surface area contributed by atoms with E-state index < -0.39 is 0 Å². The van der Waals surface area contributed by atoms with Crippen molar-refractivity contribution >= 4 is 0 Å². The molecule has 0 aromatic heterocycles. The van der Waals surface area contributed by atoms with Gasteiger partial charge in [0, 0.05) is 36.1 Å². The van der Waals surface area contributed by atoms with E-state index >= 15 is 0 Å². The van der Waals surface area contributed by atoms with Gasteiger partial charge in [-0.2, -0.15) is 0 Å². The molecule has 1 spiro atoms. The SMILES string of the molecule is OCc1cc(CN[C@@H]2[C@@H]3CCO[C@@H]3C23CCC3)ccc1F. The summed E-state index contributed by atoms with van der Waals surface area (Å²) in [6.45, 7) is 1.40. The zero-order valence-corrected chi connectivity index (χ0v) is 12.1. The summed E-state index contributed by atoms with van der Waals surface area (Å²) in [6, 6.07) is 5.55. The molecule has 1 heterocycles. The number of aliphatic hydroxyl groups is 1. The Kier molecular flexibility index (Phi) is 3.28. The highest BCUT2D eigenvalue weighted by Crippen LogP contribution is 2.62. The van der Waals surface area contributed by atoms with E-state index in [1.54, 1.807) is 12.1 Å². The Hall–Kier alpha value is -0.970. The molecule has 3 fully saturated rings. The standard InChI is InChI=1S/C17H22FNO2/c18-14-3-2-11(8-12(14)10-20)9-19-15-13-4-7-21-16(13)17(15)5-1-6-17/h2-3,8,13,15-16,19-20H,1,4-7,9-10H2/t13-,15+,16-/m0/s1. The molecular formula is C17H22FNO2. The third-order valence-electron chi connectivity index (χ3n) is 5.84. The van der Waals surface area contributed by atoms with Crippen molar-refractivity contribution in [1.82, 2.24) is 5.32 Å². The van der Waals surface area contributed by atoms with Gasteiger partial charge in [0.1, 0.15) is 5.82 Å². The number of hydrogen-bond donors (Lipinski definition) is 2. The Balaban J connectivity index is 1.45. The second-order valence-electron chi connectivity index (χ2n) is 6.77. The third kappa shape index (κ3) is 1.96. The van der Waals surface area contributed by atoms with Gasteiger partial charge in [0.15, 0.2) is 0 Å². The normalized spacial score (nSPS) is 32.6. The Morgan fingerprint density at radius 3 is 2.95 bits per heavy atom. The topological polar surface area (TPSA) is 41.5 Å². The van der Waals surface area contributed by atoms with E-state index in [9.17, 15) is 4.39 Å². The zero-order chi connectivity index (χ0) is 14.4. The van der Waals surface area contributed by atoms with Gasteiger partial charge >= 0.3 is 0 Å². The maximum atomic E-state index is 13.4. The molecule has 2 saturated carbocycles. The van der Waals surface area contributed by atoms with Crippen LogP contribution in [0.15, 0.2) is 18.2 Å².